The number of rotatable bonds is 5. The molecule has 0 atom stereocenters. The number of carbonyl (C=O) groups excluding carboxylic acids is 1. The van der Waals surface area contributed by atoms with E-state index in [1.54, 1.807) is 17.0 Å². The molecule has 0 unspecified atom stereocenters. The molecule has 0 aliphatic carbocycles. The molecule has 9 nitrogen and oxygen atoms in total. The fourth-order valence-electron chi connectivity index (χ4n) is 1.78. The summed E-state index contributed by atoms with van der Waals surface area (Å²) in [4.78, 5) is 26.3. The summed E-state index contributed by atoms with van der Waals surface area (Å²) < 4.78 is 1.78. The highest BCUT2D eigenvalue weighted by atomic mass is 16.6. The second-order valence-corrected chi connectivity index (χ2v) is 4.27. The molecule has 0 bridgehead atoms. The number of nitro benzene ring substituents is 1. The Morgan fingerprint density at radius 1 is 1.52 bits per heavy atom. The van der Waals surface area contributed by atoms with E-state index in [2.05, 4.69) is 15.7 Å². The Hall–Kier alpha value is -2.94. The lowest BCUT2D eigenvalue weighted by Gasteiger charge is -2.07. The van der Waals surface area contributed by atoms with Gasteiger partial charge in [-0.2, -0.15) is 0 Å². The third-order valence-electron chi connectivity index (χ3n) is 2.94. The van der Waals surface area contributed by atoms with E-state index in [1.165, 1.54) is 18.2 Å². The van der Waals surface area contributed by atoms with Crippen molar-refractivity contribution < 1.29 is 9.72 Å². The highest BCUT2D eigenvalue weighted by molar-refractivity contribution is 5.95. The third kappa shape index (κ3) is 3.15. The summed E-state index contributed by atoms with van der Waals surface area (Å²) in [7, 11) is 1.82. The van der Waals surface area contributed by atoms with Crippen LogP contribution in [0.25, 0.3) is 0 Å². The van der Waals surface area contributed by atoms with Gasteiger partial charge in [-0.3, -0.25) is 20.8 Å². The molecule has 1 aromatic carbocycles. The number of nitrogens with two attached hydrogens (primary N) is 1. The standard InChI is InChI=1S/C12H14N6O3/c1-17-5-4-14-11(17)7-15-12(19)8-2-3-10(18(20)21)9(6-8)16-13/h2-6,16H,7,13H2,1H3,(H,15,19). The van der Waals surface area contributed by atoms with Crippen LogP contribution in [0.15, 0.2) is 30.6 Å². The zero-order valence-electron chi connectivity index (χ0n) is 11.2. The number of nitro groups is 1. The molecule has 0 aliphatic heterocycles. The van der Waals surface area contributed by atoms with Gasteiger partial charge in [-0.05, 0) is 12.1 Å². The fraction of sp³-hybridized carbons (Fsp3) is 0.167. The van der Waals surface area contributed by atoms with Crippen molar-refractivity contribution in [3.63, 3.8) is 0 Å². The Kier molecular flexibility index (Phi) is 4.14. The van der Waals surface area contributed by atoms with Gasteiger partial charge in [-0.25, -0.2) is 4.98 Å². The molecule has 4 N–H and O–H groups in total. The lowest BCUT2D eigenvalue weighted by atomic mass is 10.1. The summed E-state index contributed by atoms with van der Waals surface area (Å²) in [6, 6.07) is 3.92. The van der Waals surface area contributed by atoms with Crippen molar-refractivity contribution in [3.05, 3.63) is 52.1 Å². The minimum Gasteiger partial charge on any atom is -0.345 e. The van der Waals surface area contributed by atoms with Gasteiger partial charge < -0.3 is 15.3 Å². The zero-order valence-corrected chi connectivity index (χ0v) is 11.2. The number of carbonyl (C=O) groups is 1. The Balaban J connectivity index is 2.12. The molecule has 21 heavy (non-hydrogen) atoms. The topological polar surface area (TPSA) is 128 Å². The predicted octanol–water partition coefficient (Wildman–Crippen LogP) is 0.544. The molecule has 0 aliphatic rings. The van der Waals surface area contributed by atoms with Gasteiger partial charge in [0.05, 0.1) is 11.5 Å². The van der Waals surface area contributed by atoms with Gasteiger partial charge >= 0.3 is 0 Å². The van der Waals surface area contributed by atoms with E-state index in [1.807, 2.05) is 7.05 Å². The molecule has 1 heterocycles. The van der Waals surface area contributed by atoms with Crippen LogP contribution in [0.5, 0.6) is 0 Å². The van der Waals surface area contributed by atoms with Crippen molar-refractivity contribution in [1.29, 1.82) is 0 Å². The van der Waals surface area contributed by atoms with Crippen molar-refractivity contribution in [3.8, 4) is 0 Å². The van der Waals surface area contributed by atoms with Gasteiger partial charge in [-0.1, -0.05) is 0 Å². The minimum atomic E-state index is -0.579. The Labute approximate surface area is 119 Å². The first kappa shape index (κ1) is 14.5. The van der Waals surface area contributed by atoms with Gasteiger partial charge in [0, 0.05) is 31.1 Å². The van der Waals surface area contributed by atoms with E-state index >= 15 is 0 Å². The van der Waals surface area contributed by atoms with Gasteiger partial charge in [0.1, 0.15) is 11.5 Å². The van der Waals surface area contributed by atoms with Crippen LogP contribution >= 0.6 is 0 Å². The van der Waals surface area contributed by atoms with Crippen LogP contribution in [0.4, 0.5) is 11.4 Å². The minimum absolute atomic E-state index is 0.0737. The van der Waals surface area contributed by atoms with Crippen molar-refractivity contribution >= 4 is 17.3 Å². The van der Waals surface area contributed by atoms with Crippen molar-refractivity contribution in [2.24, 2.45) is 12.9 Å². The van der Waals surface area contributed by atoms with Gasteiger partial charge in [0.2, 0.25) is 0 Å². The van der Waals surface area contributed by atoms with E-state index in [-0.39, 0.29) is 29.4 Å². The average molecular weight is 290 g/mol. The van der Waals surface area contributed by atoms with Crippen molar-refractivity contribution in [2.45, 2.75) is 6.54 Å². The molecule has 2 rings (SSSR count). The summed E-state index contributed by atoms with van der Waals surface area (Å²) in [5, 5.41) is 13.5. The van der Waals surface area contributed by atoms with Gasteiger partial charge in [0.25, 0.3) is 11.6 Å². The van der Waals surface area contributed by atoms with Crippen LogP contribution in [0.3, 0.4) is 0 Å². The summed E-state index contributed by atoms with van der Waals surface area (Å²) in [6.07, 6.45) is 3.40. The number of benzene rings is 1. The number of aromatic nitrogens is 2. The number of aryl methyl sites for hydroxylation is 1. The Morgan fingerprint density at radius 3 is 2.86 bits per heavy atom. The molecule has 0 saturated heterocycles. The molecule has 110 valence electrons. The monoisotopic (exact) mass is 290 g/mol. The lowest BCUT2D eigenvalue weighted by molar-refractivity contribution is -0.384. The first-order valence-electron chi connectivity index (χ1n) is 6.02. The quantitative estimate of drug-likeness (QED) is 0.419. The maximum atomic E-state index is 12.0. The molecular weight excluding hydrogens is 276 g/mol. The van der Waals surface area contributed by atoms with E-state index in [4.69, 9.17) is 5.84 Å². The number of nitrogens with zero attached hydrogens (tertiary/aromatic N) is 3. The fourth-order valence-corrected chi connectivity index (χ4v) is 1.78. The van der Waals surface area contributed by atoms with Crippen LogP contribution < -0.4 is 16.6 Å². The van der Waals surface area contributed by atoms with Crippen LogP contribution in [-0.4, -0.2) is 20.4 Å². The van der Waals surface area contributed by atoms with Crippen molar-refractivity contribution in [1.82, 2.24) is 14.9 Å². The molecule has 0 saturated carbocycles. The van der Waals surface area contributed by atoms with E-state index in [0.29, 0.717) is 5.82 Å². The third-order valence-corrected chi connectivity index (χ3v) is 2.94. The molecule has 0 spiro atoms. The second kappa shape index (κ2) is 6.01. The zero-order chi connectivity index (χ0) is 15.4. The smallest absolute Gasteiger partial charge is 0.293 e. The summed E-state index contributed by atoms with van der Waals surface area (Å²) >= 11 is 0. The molecular formula is C12H14N6O3. The number of nitrogens with one attached hydrogen (secondary N) is 2. The SMILES string of the molecule is Cn1ccnc1CNC(=O)c1ccc([N+](=O)[O-])c(NN)c1. The number of hydrogen-bond donors (Lipinski definition) is 3. The van der Waals surface area contributed by atoms with E-state index < -0.39 is 4.92 Å². The van der Waals surface area contributed by atoms with E-state index in [9.17, 15) is 14.9 Å². The number of hydrazine groups is 1. The number of amides is 1. The first-order chi connectivity index (χ1) is 10.0. The van der Waals surface area contributed by atoms with Gasteiger partial charge in [-0.15, -0.1) is 0 Å². The number of nitrogen functional groups attached to an aromatic ring is 1. The second-order valence-electron chi connectivity index (χ2n) is 4.27. The molecule has 2 aromatic rings. The van der Waals surface area contributed by atoms with Crippen LogP contribution in [0, 0.1) is 10.1 Å². The Morgan fingerprint density at radius 2 is 2.29 bits per heavy atom. The largest absolute Gasteiger partial charge is 0.345 e. The van der Waals surface area contributed by atoms with Crippen LogP contribution in [0.1, 0.15) is 16.2 Å². The average Bonchev–Trinajstić information content (AvgIpc) is 2.89. The molecule has 9 heteroatoms. The van der Waals surface area contributed by atoms with Crippen LogP contribution in [0.2, 0.25) is 0 Å². The Bertz CT molecular complexity index is 681. The summed E-state index contributed by atoms with van der Waals surface area (Å²) in [6.45, 7) is 0.255. The molecule has 1 amide bonds. The number of anilines is 1. The van der Waals surface area contributed by atoms with Crippen molar-refractivity contribution in [2.75, 3.05) is 5.43 Å². The number of imidazole rings is 1. The molecule has 0 radical (unpaired) electrons. The maximum absolute atomic E-state index is 12.0. The summed E-state index contributed by atoms with van der Waals surface area (Å²) in [5.74, 6) is 5.55. The van der Waals surface area contributed by atoms with Gasteiger partial charge in [0.15, 0.2) is 0 Å². The molecule has 0 fully saturated rings. The summed E-state index contributed by atoms with van der Waals surface area (Å²) in [5.41, 5.74) is 2.36. The predicted molar refractivity (Wildman–Crippen MR) is 75.3 cm³/mol. The van der Waals surface area contributed by atoms with E-state index in [0.717, 1.165) is 0 Å². The normalized spacial score (nSPS) is 10.2. The highest BCUT2D eigenvalue weighted by Crippen LogP contribution is 2.24. The number of hydrogen-bond acceptors (Lipinski definition) is 6. The highest BCUT2D eigenvalue weighted by Gasteiger charge is 2.16. The lowest BCUT2D eigenvalue weighted by Crippen LogP contribution is -2.24. The molecule has 1 aromatic heterocycles. The van der Waals surface area contributed by atoms with Crippen LogP contribution in [-0.2, 0) is 13.6 Å². The maximum Gasteiger partial charge on any atom is 0.293 e. The first-order valence-corrected chi connectivity index (χ1v) is 6.02.